The zero-order valence-electron chi connectivity index (χ0n) is 40.2. The van der Waals surface area contributed by atoms with Gasteiger partial charge in [0.05, 0.1) is 32.2 Å². The van der Waals surface area contributed by atoms with E-state index in [4.69, 9.17) is 43.2 Å². The summed E-state index contributed by atoms with van der Waals surface area (Å²) in [7, 11) is 0. The monoisotopic (exact) mass is 1000 g/mol. The molecule has 0 bridgehead atoms. The maximum Gasteiger partial charge on any atom is 0.143 e. The quantitative estimate of drug-likeness (QED) is 0.107. The van der Waals surface area contributed by atoms with Gasteiger partial charge in [-0.15, -0.1) is 0 Å². The Labute approximate surface area is 413 Å². The van der Waals surface area contributed by atoms with Crippen LogP contribution < -0.4 is 0 Å². The van der Waals surface area contributed by atoms with Gasteiger partial charge in [0, 0.05) is 63.3 Å². The van der Waals surface area contributed by atoms with E-state index in [1.807, 2.05) is 54.6 Å². The van der Waals surface area contributed by atoms with E-state index in [0.29, 0.717) is 54.5 Å². The van der Waals surface area contributed by atoms with Gasteiger partial charge in [-0.2, -0.15) is 0 Å². The molecule has 67 heavy (non-hydrogen) atoms. The van der Waals surface area contributed by atoms with Crippen molar-refractivity contribution in [2.45, 2.75) is 105 Å². The third-order valence-corrected chi connectivity index (χ3v) is 12.5. The third-order valence-electron chi connectivity index (χ3n) is 11.4. The van der Waals surface area contributed by atoms with Crippen molar-refractivity contribution < 1.29 is 20.4 Å². The topological polar surface area (TPSA) is 130 Å². The molecule has 0 aliphatic carbocycles. The van der Waals surface area contributed by atoms with E-state index in [0.717, 1.165) is 33.4 Å². The van der Waals surface area contributed by atoms with E-state index in [9.17, 15) is 20.4 Å². The van der Waals surface area contributed by atoms with Gasteiger partial charge < -0.3 is 20.4 Å². The Morgan fingerprint density at radius 1 is 0.418 bits per heavy atom. The minimum atomic E-state index is -0.331. The average molecular weight is 1000 g/mol. The van der Waals surface area contributed by atoms with Gasteiger partial charge in [0.1, 0.15) is 23.0 Å². The number of phenolic OH excluding ortho intramolecular Hbond substituents is 4. The van der Waals surface area contributed by atoms with Crippen molar-refractivity contribution in [1.29, 1.82) is 0 Å². The zero-order valence-corrected chi connectivity index (χ0v) is 43.3. The number of hydrogen-bond acceptors (Lipinski definition) is 8. The first kappa shape index (κ1) is 50.7. The molecule has 0 aromatic heterocycles. The van der Waals surface area contributed by atoms with Crippen molar-refractivity contribution in [2.75, 3.05) is 0 Å². The summed E-state index contributed by atoms with van der Waals surface area (Å²) < 4.78 is 0.531. The molecule has 0 atom stereocenters. The summed E-state index contributed by atoms with van der Waals surface area (Å²) in [5, 5.41) is 45.2. The standard InChI is InChI=1S/C56H59BrCl2N4O4/c1-53(2,3)38-20-35(49(64)41(25-38)55(7,8)9)29-60-45-18-16-32(23-47(45)62-28-34-14-13-15-43(57)51(34)66)33-17-19-46(48(24-33)63-31-37-22-40(58)27-44(59)52(37)67)61-30-36-21-39(54(4,5)6)26-42(50(36)65)56(10,11)12/h13-31,64-67H,1-12H3. The second-order valence-electron chi connectivity index (χ2n) is 20.9. The van der Waals surface area contributed by atoms with Crippen LogP contribution in [0, 0.1) is 0 Å². The molecule has 0 saturated heterocycles. The SMILES string of the molecule is CC(C)(C)c1cc(C=Nc2ccc(-c3ccc(N=Cc4cc(C(C)(C)C)cc(C(C)(C)C)c4O)c(N=Cc4cccc(Br)c4O)c3)cc2N=Cc2cc(Cl)cc(Cl)c2O)c(O)c(C(C)(C)C)c1. The number of aliphatic imine (C=N–C) groups is 4. The number of rotatable bonds is 9. The highest BCUT2D eigenvalue weighted by Gasteiger charge is 2.26. The molecule has 8 nitrogen and oxygen atoms in total. The van der Waals surface area contributed by atoms with Crippen molar-refractivity contribution in [2.24, 2.45) is 20.0 Å². The number of para-hydroxylation sites is 1. The molecule has 6 aromatic carbocycles. The van der Waals surface area contributed by atoms with Gasteiger partial charge in [0.2, 0.25) is 0 Å². The highest BCUT2D eigenvalue weighted by Crippen LogP contribution is 2.42. The van der Waals surface area contributed by atoms with Crippen LogP contribution in [-0.4, -0.2) is 45.3 Å². The third kappa shape index (κ3) is 12.1. The van der Waals surface area contributed by atoms with Crippen molar-refractivity contribution in [1.82, 2.24) is 0 Å². The zero-order chi connectivity index (χ0) is 49.4. The summed E-state index contributed by atoms with van der Waals surface area (Å²) in [5.74, 6) is 0.201. The fourth-order valence-corrected chi connectivity index (χ4v) is 8.12. The number of nitrogens with zero attached hydrogens (tertiary/aromatic N) is 4. The lowest BCUT2D eigenvalue weighted by molar-refractivity contribution is 0.443. The Morgan fingerprint density at radius 2 is 0.821 bits per heavy atom. The van der Waals surface area contributed by atoms with E-state index in [2.05, 4.69) is 111 Å². The second kappa shape index (κ2) is 19.5. The molecule has 0 fully saturated rings. The normalized spacial score (nSPS) is 13.0. The van der Waals surface area contributed by atoms with Crippen LogP contribution in [0.3, 0.4) is 0 Å². The van der Waals surface area contributed by atoms with Crippen molar-refractivity contribution in [3.05, 3.63) is 150 Å². The van der Waals surface area contributed by atoms with Gasteiger partial charge in [-0.25, -0.2) is 0 Å². The second-order valence-corrected chi connectivity index (χ2v) is 22.6. The van der Waals surface area contributed by atoms with Crippen molar-refractivity contribution in [3.8, 4) is 34.1 Å². The summed E-state index contributed by atoms with van der Waals surface area (Å²) in [6, 6.07) is 27.7. The Morgan fingerprint density at radius 3 is 1.24 bits per heavy atom. The molecule has 0 radical (unpaired) electrons. The number of benzene rings is 6. The lowest BCUT2D eigenvalue weighted by Gasteiger charge is -2.27. The average Bonchev–Trinajstić information content (AvgIpc) is 3.22. The molecule has 6 aromatic rings. The Bertz CT molecular complexity index is 2980. The predicted molar refractivity (Wildman–Crippen MR) is 286 cm³/mol. The largest absolute Gasteiger partial charge is 0.507 e. The van der Waals surface area contributed by atoms with Crippen molar-refractivity contribution in [3.63, 3.8) is 0 Å². The molecule has 4 N–H and O–H groups in total. The van der Waals surface area contributed by atoms with Crippen LogP contribution in [0.2, 0.25) is 10.0 Å². The summed E-state index contributed by atoms with van der Waals surface area (Å²) in [6.07, 6.45) is 6.38. The molecule has 0 saturated carbocycles. The smallest absolute Gasteiger partial charge is 0.143 e. The predicted octanol–water partition coefficient (Wildman–Crippen LogP) is 16.4. The molecule has 348 valence electrons. The molecule has 0 aliphatic rings. The van der Waals surface area contributed by atoms with Crippen LogP contribution in [0.25, 0.3) is 11.1 Å². The van der Waals surface area contributed by atoms with Crippen molar-refractivity contribution >= 4 is 86.7 Å². The Balaban J connectivity index is 1.52. The van der Waals surface area contributed by atoms with Crippen LogP contribution in [0.15, 0.2) is 115 Å². The molecule has 0 unspecified atom stereocenters. The maximum absolute atomic E-state index is 11.6. The maximum atomic E-state index is 11.6. The van der Waals surface area contributed by atoms with Crippen LogP contribution in [-0.2, 0) is 21.7 Å². The minimum absolute atomic E-state index is 0.0461. The molecule has 6 rings (SSSR count). The molecule has 11 heteroatoms. The summed E-state index contributed by atoms with van der Waals surface area (Å²) >= 11 is 16.0. The first-order chi connectivity index (χ1) is 31.1. The minimum Gasteiger partial charge on any atom is -0.507 e. The molecule has 0 amide bonds. The lowest BCUT2D eigenvalue weighted by atomic mass is 9.79. The number of aromatic hydroxyl groups is 4. The lowest BCUT2D eigenvalue weighted by Crippen LogP contribution is -2.17. The van der Waals surface area contributed by atoms with E-state index < -0.39 is 0 Å². The number of hydrogen-bond donors (Lipinski definition) is 4. The van der Waals surface area contributed by atoms with Crippen LogP contribution in [0.5, 0.6) is 23.0 Å². The highest BCUT2D eigenvalue weighted by molar-refractivity contribution is 9.10. The summed E-state index contributed by atoms with van der Waals surface area (Å²) in [6.45, 7) is 25.2. The van der Waals surface area contributed by atoms with Crippen LogP contribution >= 0.6 is 39.1 Å². The Hall–Kier alpha value is -5.74. The van der Waals surface area contributed by atoms with Crippen LogP contribution in [0.1, 0.15) is 128 Å². The summed E-state index contributed by atoms with van der Waals surface area (Å²) in [5.41, 5.74) is 8.18. The van der Waals surface area contributed by atoms with Gasteiger partial charge >= 0.3 is 0 Å². The molecular weight excluding hydrogens is 943 g/mol. The molecule has 0 heterocycles. The number of halogens is 3. The van der Waals surface area contributed by atoms with Crippen LogP contribution in [0.4, 0.5) is 22.7 Å². The Kier molecular flexibility index (Phi) is 14.7. The van der Waals surface area contributed by atoms with E-state index >= 15 is 0 Å². The van der Waals surface area contributed by atoms with Gasteiger partial charge in [-0.1, -0.05) is 137 Å². The molecule has 0 spiro atoms. The van der Waals surface area contributed by atoms with Gasteiger partial charge in [-0.05, 0) is 121 Å². The fraction of sp³-hybridized carbons (Fsp3) is 0.286. The summed E-state index contributed by atoms with van der Waals surface area (Å²) in [4.78, 5) is 19.5. The van der Waals surface area contributed by atoms with Gasteiger partial charge in [0.15, 0.2) is 0 Å². The highest BCUT2D eigenvalue weighted by atomic mass is 79.9. The fourth-order valence-electron chi connectivity index (χ4n) is 7.23. The van der Waals surface area contributed by atoms with Gasteiger partial charge in [-0.3, -0.25) is 20.0 Å². The number of phenols is 4. The van der Waals surface area contributed by atoms with E-state index in [1.54, 1.807) is 36.8 Å². The van der Waals surface area contributed by atoms with E-state index in [-0.39, 0.29) is 49.7 Å². The first-order valence-corrected chi connectivity index (χ1v) is 23.5. The molecular formula is C56H59BrCl2N4O4. The first-order valence-electron chi connectivity index (χ1n) is 22.0. The van der Waals surface area contributed by atoms with E-state index in [1.165, 1.54) is 12.3 Å². The molecule has 0 aliphatic heterocycles. The van der Waals surface area contributed by atoms with Gasteiger partial charge in [0.25, 0.3) is 0 Å².